The Morgan fingerprint density at radius 2 is 1.76 bits per heavy atom. The molecule has 0 aliphatic heterocycles. The average molecular weight is 483 g/mol. The Bertz CT molecular complexity index is 490. The van der Waals surface area contributed by atoms with E-state index in [0.29, 0.717) is 0 Å². The van der Waals surface area contributed by atoms with Crippen molar-refractivity contribution in [3.05, 3.63) is 41.5 Å². The summed E-state index contributed by atoms with van der Waals surface area (Å²) in [5.41, 5.74) is 2.27. The minimum absolute atomic E-state index is 0.436. The van der Waals surface area contributed by atoms with Gasteiger partial charge in [0, 0.05) is 34.8 Å². The van der Waals surface area contributed by atoms with E-state index in [9.17, 15) is 0 Å². The first-order valence-electron chi connectivity index (χ1n) is 7.09. The van der Waals surface area contributed by atoms with Crippen molar-refractivity contribution in [2.24, 2.45) is 0 Å². The van der Waals surface area contributed by atoms with Gasteiger partial charge < -0.3 is 9.47 Å². The van der Waals surface area contributed by atoms with Crippen LogP contribution in [0.5, 0.6) is 0 Å². The molecule has 1 unspecified atom stereocenters. The predicted octanol–water partition coefficient (Wildman–Crippen LogP) is 5.58. The summed E-state index contributed by atoms with van der Waals surface area (Å²) in [6.07, 6.45) is 4.89. The quantitative estimate of drug-likeness (QED) is 0.355. The van der Waals surface area contributed by atoms with Crippen molar-refractivity contribution in [2.75, 3.05) is 23.9 Å². The summed E-state index contributed by atoms with van der Waals surface area (Å²) in [4.78, 5) is 0. The fourth-order valence-corrected chi connectivity index (χ4v) is 3.39. The van der Waals surface area contributed by atoms with Gasteiger partial charge in [-0.1, -0.05) is 56.1 Å². The Morgan fingerprint density at radius 1 is 1.05 bits per heavy atom. The van der Waals surface area contributed by atoms with Gasteiger partial charge in [0.25, 0.3) is 0 Å². The van der Waals surface area contributed by atoms with Crippen molar-refractivity contribution >= 4 is 53.5 Å². The van der Waals surface area contributed by atoms with Gasteiger partial charge in [0.2, 0.25) is 0 Å². The van der Waals surface area contributed by atoms with Crippen LogP contribution in [0.1, 0.15) is 30.4 Å². The first kappa shape index (κ1) is 17.5. The van der Waals surface area contributed by atoms with E-state index in [1.54, 1.807) is 0 Å². The van der Waals surface area contributed by atoms with E-state index in [4.69, 9.17) is 9.47 Å². The first-order valence-corrected chi connectivity index (χ1v) is 10.1. The van der Waals surface area contributed by atoms with Crippen molar-refractivity contribution in [3.63, 3.8) is 0 Å². The van der Waals surface area contributed by atoms with Crippen LogP contribution >= 0.6 is 47.8 Å². The molecule has 1 aromatic carbocycles. The highest BCUT2D eigenvalue weighted by atomic mass is 79.9. The zero-order chi connectivity index (χ0) is 15.1. The topological polar surface area (TPSA) is 18.5 Å². The van der Waals surface area contributed by atoms with Gasteiger partial charge in [-0.05, 0) is 34.8 Å². The van der Waals surface area contributed by atoms with Gasteiger partial charge in [-0.2, -0.15) is 0 Å². The molecular weight excluding hydrogens is 464 g/mol. The van der Waals surface area contributed by atoms with Gasteiger partial charge in [0.1, 0.15) is 5.76 Å². The van der Waals surface area contributed by atoms with Crippen LogP contribution in [0.4, 0.5) is 0 Å². The summed E-state index contributed by atoms with van der Waals surface area (Å²) in [5, 5.41) is 1.91. The molecule has 0 heterocycles. The number of benzene rings is 1. The zero-order valence-corrected chi connectivity index (χ0v) is 16.5. The molecule has 0 aromatic heterocycles. The molecule has 0 saturated heterocycles. The molecule has 2 nitrogen and oxygen atoms in total. The Kier molecular flexibility index (Phi) is 7.26. The molecule has 1 aliphatic carbocycles. The number of ether oxygens (including phenoxy) is 2. The lowest BCUT2D eigenvalue weighted by molar-refractivity contribution is 0.0296. The highest BCUT2D eigenvalue weighted by Crippen LogP contribution is 2.45. The highest BCUT2D eigenvalue weighted by Gasteiger charge is 2.35. The lowest BCUT2D eigenvalue weighted by atomic mass is 9.93. The third-order valence-electron chi connectivity index (χ3n) is 3.29. The zero-order valence-electron chi connectivity index (χ0n) is 11.8. The fourth-order valence-electron chi connectivity index (χ4n) is 2.27. The lowest BCUT2D eigenvalue weighted by Gasteiger charge is -2.33. The maximum absolute atomic E-state index is 6.09. The molecule has 116 valence electrons. The molecule has 2 rings (SSSR count). The second kappa shape index (κ2) is 8.70. The maximum Gasteiger partial charge on any atom is 0.152 e. The smallest absolute Gasteiger partial charge is 0.152 e. The van der Waals surface area contributed by atoms with Crippen LogP contribution in [0.15, 0.2) is 30.3 Å². The third kappa shape index (κ3) is 4.57. The van der Waals surface area contributed by atoms with E-state index in [-0.39, 0.29) is 0 Å². The average Bonchev–Trinajstić information content (AvgIpc) is 2.51. The number of fused-ring (bicyclic) bond motifs is 1. The van der Waals surface area contributed by atoms with Crippen LogP contribution in [-0.4, -0.2) is 23.9 Å². The number of hydrogen-bond donors (Lipinski definition) is 0. The molecule has 21 heavy (non-hydrogen) atoms. The van der Waals surface area contributed by atoms with Gasteiger partial charge in [0.15, 0.2) is 4.51 Å². The Morgan fingerprint density at radius 3 is 2.52 bits per heavy atom. The van der Waals surface area contributed by atoms with Gasteiger partial charge >= 0.3 is 0 Å². The maximum atomic E-state index is 6.09. The van der Waals surface area contributed by atoms with E-state index in [1.807, 2.05) is 12.1 Å². The van der Waals surface area contributed by atoms with Gasteiger partial charge in [-0.3, -0.25) is 0 Å². The van der Waals surface area contributed by atoms with Crippen LogP contribution in [0, 0.1) is 0 Å². The highest BCUT2D eigenvalue weighted by molar-refractivity contribution is 9.09. The van der Waals surface area contributed by atoms with E-state index >= 15 is 0 Å². The molecular formula is C16H19Br3O2. The second-order valence-corrected chi connectivity index (χ2v) is 7.70. The standard InChI is InChI=1S/C16H19Br3O2/c17-9-3-11-20-15-7-8-16(19,21-12-4-10-18)14-6-2-1-5-13(14)15/h1-2,5-7H,3-4,8-12H2. The molecule has 0 spiro atoms. The Balaban J connectivity index is 2.16. The summed E-state index contributed by atoms with van der Waals surface area (Å²) in [7, 11) is 0. The molecule has 0 amide bonds. The second-order valence-electron chi connectivity index (χ2n) is 4.83. The van der Waals surface area contributed by atoms with Crippen molar-refractivity contribution in [2.45, 2.75) is 23.8 Å². The molecule has 0 saturated carbocycles. The van der Waals surface area contributed by atoms with Crippen LogP contribution in [-0.2, 0) is 14.0 Å². The van der Waals surface area contributed by atoms with Gasteiger partial charge in [0.05, 0.1) is 6.61 Å². The summed E-state index contributed by atoms with van der Waals surface area (Å²) in [6.45, 7) is 1.45. The van der Waals surface area contributed by atoms with Crippen molar-refractivity contribution in [3.8, 4) is 0 Å². The minimum Gasteiger partial charge on any atom is -0.493 e. The lowest BCUT2D eigenvalue weighted by Crippen LogP contribution is -2.27. The van der Waals surface area contributed by atoms with Crippen LogP contribution in [0.3, 0.4) is 0 Å². The Labute approximate surface area is 151 Å². The molecule has 0 radical (unpaired) electrons. The SMILES string of the molecule is BrCCCOC1=CCC(Br)(OCCCBr)c2ccccc21. The van der Waals surface area contributed by atoms with Crippen molar-refractivity contribution in [1.29, 1.82) is 0 Å². The van der Waals surface area contributed by atoms with Crippen LogP contribution in [0.2, 0.25) is 0 Å². The van der Waals surface area contributed by atoms with Gasteiger partial charge in [-0.15, -0.1) is 0 Å². The molecule has 0 fully saturated rings. The van der Waals surface area contributed by atoms with Crippen molar-refractivity contribution in [1.82, 2.24) is 0 Å². The molecule has 1 aliphatic rings. The predicted molar refractivity (Wildman–Crippen MR) is 98.4 cm³/mol. The summed E-state index contributed by atoms with van der Waals surface area (Å²) < 4.78 is 11.6. The summed E-state index contributed by atoms with van der Waals surface area (Å²) in [5.74, 6) is 0.964. The van der Waals surface area contributed by atoms with Crippen LogP contribution in [0.25, 0.3) is 5.76 Å². The Hall–Kier alpha value is 0.160. The van der Waals surface area contributed by atoms with E-state index in [0.717, 1.165) is 60.0 Å². The van der Waals surface area contributed by atoms with Crippen molar-refractivity contribution < 1.29 is 9.47 Å². The molecule has 1 atom stereocenters. The third-order valence-corrected chi connectivity index (χ3v) is 5.39. The van der Waals surface area contributed by atoms with E-state index in [2.05, 4.69) is 66.0 Å². The fraction of sp³-hybridized carbons (Fsp3) is 0.500. The van der Waals surface area contributed by atoms with E-state index < -0.39 is 4.51 Å². The molecule has 1 aromatic rings. The summed E-state index contributed by atoms with van der Waals surface area (Å²) in [6, 6.07) is 8.29. The largest absolute Gasteiger partial charge is 0.493 e. The van der Waals surface area contributed by atoms with Gasteiger partial charge in [-0.25, -0.2) is 0 Å². The number of alkyl halides is 3. The summed E-state index contributed by atoms with van der Waals surface area (Å²) >= 11 is 10.7. The number of hydrogen-bond acceptors (Lipinski definition) is 2. The minimum atomic E-state index is -0.436. The number of rotatable bonds is 8. The molecule has 5 heteroatoms. The normalized spacial score (nSPS) is 20.8. The molecule has 0 bridgehead atoms. The monoisotopic (exact) mass is 480 g/mol. The molecule has 0 N–H and O–H groups in total. The number of halogens is 3. The first-order chi connectivity index (χ1) is 10.2. The van der Waals surface area contributed by atoms with Crippen LogP contribution < -0.4 is 0 Å². The van der Waals surface area contributed by atoms with E-state index in [1.165, 1.54) is 0 Å².